The third-order valence-corrected chi connectivity index (χ3v) is 5.87. The van der Waals surface area contributed by atoms with E-state index in [0.717, 1.165) is 21.4 Å². The molecular formula is C24H24N4O5. The molecular weight excluding hydrogens is 424 g/mol. The van der Waals surface area contributed by atoms with Crippen LogP contribution in [-0.2, 0) is 25.7 Å². The number of ketones is 1. The second-order valence-electron chi connectivity index (χ2n) is 8.08. The molecule has 1 fully saturated rings. The van der Waals surface area contributed by atoms with E-state index in [-0.39, 0.29) is 25.5 Å². The van der Waals surface area contributed by atoms with Crippen LogP contribution in [0.15, 0.2) is 60.8 Å². The third-order valence-electron chi connectivity index (χ3n) is 5.87. The lowest BCUT2D eigenvalue weighted by molar-refractivity contribution is -0.154. The number of carbonyl (C=O) groups is 4. The highest BCUT2D eigenvalue weighted by Crippen LogP contribution is 2.28. The summed E-state index contributed by atoms with van der Waals surface area (Å²) < 4.78 is 0. The third kappa shape index (κ3) is 4.63. The Bertz CT molecular complexity index is 1210. The van der Waals surface area contributed by atoms with E-state index in [9.17, 15) is 24.3 Å². The number of amides is 2. The zero-order valence-electron chi connectivity index (χ0n) is 17.8. The summed E-state index contributed by atoms with van der Waals surface area (Å²) in [5.74, 6) is -4.38. The van der Waals surface area contributed by atoms with Gasteiger partial charge in [0.25, 0.3) is 0 Å². The van der Waals surface area contributed by atoms with Crippen LogP contribution >= 0.6 is 0 Å². The summed E-state index contributed by atoms with van der Waals surface area (Å²) >= 11 is 0. The van der Waals surface area contributed by atoms with E-state index >= 15 is 0 Å². The standard InChI is InChI=1S/C24H24N4O5/c25-23(17-10-26-18-9-5-4-8-16(17)18)22(24(32)33)19(29)12-28-14-20(30)27(13-21(28)31)11-15-6-2-1-3-7-15/h1-10,22-23,26H,11-14,25H2,(H,32,33). The molecule has 3 aromatic rings. The van der Waals surface area contributed by atoms with Crippen molar-refractivity contribution in [3.8, 4) is 0 Å². The van der Waals surface area contributed by atoms with Crippen molar-refractivity contribution in [1.82, 2.24) is 14.8 Å². The number of hydrogen-bond acceptors (Lipinski definition) is 5. The fourth-order valence-electron chi connectivity index (χ4n) is 4.12. The van der Waals surface area contributed by atoms with Gasteiger partial charge in [-0.25, -0.2) is 0 Å². The number of nitrogens with one attached hydrogen (secondary N) is 1. The topological polar surface area (TPSA) is 137 Å². The van der Waals surface area contributed by atoms with Crippen molar-refractivity contribution in [2.75, 3.05) is 19.6 Å². The number of piperazine rings is 1. The van der Waals surface area contributed by atoms with Gasteiger partial charge in [-0.05, 0) is 17.2 Å². The van der Waals surface area contributed by atoms with Crippen molar-refractivity contribution in [3.63, 3.8) is 0 Å². The lowest BCUT2D eigenvalue weighted by atomic mass is 9.89. The average molecular weight is 448 g/mol. The summed E-state index contributed by atoms with van der Waals surface area (Å²) in [6.07, 6.45) is 1.59. The van der Waals surface area contributed by atoms with Crippen LogP contribution in [0.2, 0.25) is 0 Å². The number of nitrogens with zero attached hydrogens (tertiary/aromatic N) is 2. The molecule has 4 rings (SSSR count). The molecule has 2 amide bonds. The van der Waals surface area contributed by atoms with E-state index in [4.69, 9.17) is 5.73 Å². The van der Waals surface area contributed by atoms with E-state index in [1.807, 2.05) is 42.5 Å². The number of nitrogens with two attached hydrogens (primary N) is 1. The summed E-state index contributed by atoms with van der Waals surface area (Å²) in [6.45, 7) is -0.660. The Hall–Kier alpha value is -3.98. The lowest BCUT2D eigenvalue weighted by Crippen LogP contribution is -2.55. The maximum atomic E-state index is 13.0. The number of benzene rings is 2. The highest BCUT2D eigenvalue weighted by atomic mass is 16.4. The monoisotopic (exact) mass is 448 g/mol. The number of carboxylic acids is 1. The predicted molar refractivity (Wildman–Crippen MR) is 120 cm³/mol. The Morgan fingerprint density at radius 3 is 2.33 bits per heavy atom. The van der Waals surface area contributed by atoms with Gasteiger partial charge in [-0.3, -0.25) is 19.2 Å². The molecule has 9 heteroatoms. The quantitative estimate of drug-likeness (QED) is 0.445. The van der Waals surface area contributed by atoms with E-state index in [2.05, 4.69) is 4.98 Å². The molecule has 1 aliphatic heterocycles. The number of aliphatic carboxylic acids is 1. The highest BCUT2D eigenvalue weighted by Gasteiger charge is 2.38. The van der Waals surface area contributed by atoms with Crippen molar-refractivity contribution < 1.29 is 24.3 Å². The Kier molecular flexibility index (Phi) is 6.23. The zero-order valence-corrected chi connectivity index (χ0v) is 17.8. The first-order chi connectivity index (χ1) is 15.8. The first kappa shape index (κ1) is 22.2. The molecule has 0 radical (unpaired) electrons. The maximum Gasteiger partial charge on any atom is 0.316 e. The lowest BCUT2D eigenvalue weighted by Gasteiger charge is -2.34. The highest BCUT2D eigenvalue weighted by molar-refractivity contribution is 6.03. The van der Waals surface area contributed by atoms with Gasteiger partial charge in [0.05, 0.1) is 12.6 Å². The number of para-hydroxylation sites is 1. The van der Waals surface area contributed by atoms with Crippen LogP contribution in [0, 0.1) is 5.92 Å². The smallest absolute Gasteiger partial charge is 0.316 e. The second kappa shape index (κ2) is 9.25. The number of carboxylic acid groups (broad SMARTS) is 1. The molecule has 9 nitrogen and oxygen atoms in total. The molecule has 1 aliphatic rings. The Labute approximate surface area is 189 Å². The van der Waals surface area contributed by atoms with Gasteiger partial charge >= 0.3 is 5.97 Å². The van der Waals surface area contributed by atoms with Crippen LogP contribution in [0.1, 0.15) is 17.2 Å². The maximum absolute atomic E-state index is 13.0. The number of rotatable bonds is 8. The van der Waals surface area contributed by atoms with Gasteiger partial charge in [0.2, 0.25) is 11.8 Å². The molecule has 2 atom stereocenters. The Morgan fingerprint density at radius 1 is 0.970 bits per heavy atom. The van der Waals surface area contributed by atoms with Gasteiger partial charge in [-0.1, -0.05) is 48.5 Å². The first-order valence-electron chi connectivity index (χ1n) is 10.5. The fourth-order valence-corrected chi connectivity index (χ4v) is 4.12. The van der Waals surface area contributed by atoms with Gasteiger partial charge in [-0.2, -0.15) is 0 Å². The molecule has 2 aromatic carbocycles. The molecule has 2 unspecified atom stereocenters. The summed E-state index contributed by atoms with van der Waals surface area (Å²) in [7, 11) is 0. The van der Waals surface area contributed by atoms with E-state index in [1.54, 1.807) is 18.3 Å². The van der Waals surface area contributed by atoms with Gasteiger partial charge in [-0.15, -0.1) is 0 Å². The Morgan fingerprint density at radius 2 is 1.61 bits per heavy atom. The molecule has 33 heavy (non-hydrogen) atoms. The number of aromatic nitrogens is 1. The van der Waals surface area contributed by atoms with Crippen molar-refractivity contribution in [2.24, 2.45) is 11.7 Å². The summed E-state index contributed by atoms with van der Waals surface area (Å²) in [6, 6.07) is 15.4. The molecule has 4 N–H and O–H groups in total. The molecule has 170 valence electrons. The van der Waals surface area contributed by atoms with Crippen molar-refractivity contribution in [2.45, 2.75) is 12.6 Å². The molecule has 0 spiro atoms. The number of carbonyl (C=O) groups excluding carboxylic acids is 3. The van der Waals surface area contributed by atoms with Crippen LogP contribution in [0.5, 0.6) is 0 Å². The minimum atomic E-state index is -1.56. The summed E-state index contributed by atoms with van der Waals surface area (Å²) in [4.78, 5) is 55.7. The zero-order chi connectivity index (χ0) is 23.5. The predicted octanol–water partition coefficient (Wildman–Crippen LogP) is 1.31. The molecule has 1 saturated heterocycles. The average Bonchev–Trinajstić information content (AvgIpc) is 3.22. The van der Waals surface area contributed by atoms with Crippen molar-refractivity contribution in [3.05, 3.63) is 71.9 Å². The normalized spacial score (nSPS) is 16.2. The summed E-state index contributed by atoms with van der Waals surface area (Å²) in [5, 5.41) is 10.5. The number of H-pyrrole nitrogens is 1. The second-order valence-corrected chi connectivity index (χ2v) is 8.08. The van der Waals surface area contributed by atoms with Crippen LogP contribution < -0.4 is 5.73 Å². The Balaban J connectivity index is 1.46. The van der Waals surface area contributed by atoms with E-state index in [0.29, 0.717) is 5.56 Å². The molecule has 2 heterocycles. The first-order valence-corrected chi connectivity index (χ1v) is 10.5. The minimum absolute atomic E-state index is 0.173. The van der Waals surface area contributed by atoms with Crippen molar-refractivity contribution in [1.29, 1.82) is 0 Å². The van der Waals surface area contributed by atoms with Crippen molar-refractivity contribution >= 4 is 34.5 Å². The summed E-state index contributed by atoms with van der Waals surface area (Å²) in [5.41, 5.74) is 8.39. The number of fused-ring (bicyclic) bond motifs is 1. The van der Waals surface area contributed by atoms with E-state index in [1.165, 1.54) is 4.90 Å². The number of hydrogen-bond donors (Lipinski definition) is 3. The van der Waals surface area contributed by atoms with Crippen LogP contribution in [0.4, 0.5) is 0 Å². The van der Waals surface area contributed by atoms with E-state index < -0.39 is 36.2 Å². The van der Waals surface area contributed by atoms with Gasteiger partial charge in [0.1, 0.15) is 19.0 Å². The molecule has 0 saturated carbocycles. The SMILES string of the molecule is NC(c1c[nH]c2ccccc12)C(C(=O)O)C(=O)CN1CC(=O)N(Cc2ccccc2)CC1=O. The largest absolute Gasteiger partial charge is 0.481 e. The molecule has 0 bridgehead atoms. The van der Waals surface area contributed by atoms with Crippen LogP contribution in [-0.4, -0.2) is 63.1 Å². The minimum Gasteiger partial charge on any atom is -0.481 e. The van der Waals surface area contributed by atoms with Crippen LogP contribution in [0.3, 0.4) is 0 Å². The number of aromatic amines is 1. The molecule has 0 aliphatic carbocycles. The fraction of sp³-hybridized carbons (Fsp3) is 0.250. The van der Waals surface area contributed by atoms with Gasteiger partial charge in [0, 0.05) is 23.6 Å². The number of Topliss-reactive ketones (excluding diaryl/α,β-unsaturated/α-hetero) is 1. The van der Waals surface area contributed by atoms with Crippen LogP contribution in [0.25, 0.3) is 10.9 Å². The molecule has 1 aromatic heterocycles. The van der Waals surface area contributed by atoms with Gasteiger partial charge in [0.15, 0.2) is 5.78 Å². The van der Waals surface area contributed by atoms with Gasteiger partial charge < -0.3 is 25.6 Å².